The van der Waals surface area contributed by atoms with Gasteiger partial charge in [-0.05, 0) is 49.0 Å². The van der Waals surface area contributed by atoms with E-state index in [9.17, 15) is 14.4 Å². The van der Waals surface area contributed by atoms with Crippen LogP contribution in [0.25, 0.3) is 0 Å². The van der Waals surface area contributed by atoms with E-state index in [1.165, 1.54) is 6.92 Å². The Morgan fingerprint density at radius 3 is 2.47 bits per heavy atom. The van der Waals surface area contributed by atoms with Crippen LogP contribution < -0.4 is 0 Å². The van der Waals surface area contributed by atoms with Gasteiger partial charge in [0.25, 0.3) is 0 Å². The molecule has 0 N–H and O–H groups in total. The molecule has 1 spiro atoms. The molecule has 5 aliphatic rings. The van der Waals surface area contributed by atoms with Crippen molar-refractivity contribution in [3.05, 3.63) is 24.2 Å². The highest BCUT2D eigenvalue weighted by molar-refractivity contribution is 5.98. The first kappa shape index (κ1) is 22.5. The van der Waals surface area contributed by atoms with Crippen LogP contribution >= 0.6 is 0 Å². The highest BCUT2D eigenvalue weighted by atomic mass is 16.6. The molecule has 184 valence electrons. The third-order valence-electron chi connectivity index (χ3n) is 11.5. The molecule has 2 heterocycles. The maximum absolute atomic E-state index is 13.7. The maximum atomic E-state index is 13.7. The number of carbonyl (C=O) groups excluding carboxylic acids is 3. The molecular formula is C28H36O6. The van der Waals surface area contributed by atoms with E-state index >= 15 is 0 Å². The van der Waals surface area contributed by atoms with E-state index in [2.05, 4.69) is 34.6 Å². The van der Waals surface area contributed by atoms with Gasteiger partial charge in [-0.15, -0.1) is 0 Å². The van der Waals surface area contributed by atoms with E-state index < -0.39 is 34.1 Å². The van der Waals surface area contributed by atoms with E-state index in [0.717, 1.165) is 24.8 Å². The molecule has 0 aromatic carbocycles. The lowest BCUT2D eigenvalue weighted by Crippen LogP contribution is -2.70. The number of epoxide rings is 1. The van der Waals surface area contributed by atoms with E-state index in [4.69, 9.17) is 13.9 Å². The Bertz CT molecular complexity index is 1090. The Kier molecular flexibility index (Phi) is 4.26. The van der Waals surface area contributed by atoms with Gasteiger partial charge in [0.1, 0.15) is 23.6 Å². The van der Waals surface area contributed by atoms with Gasteiger partial charge < -0.3 is 13.9 Å². The molecule has 1 aromatic heterocycles. The quantitative estimate of drug-likeness (QED) is 0.455. The first-order valence-corrected chi connectivity index (χ1v) is 12.8. The second-order valence-electron chi connectivity index (χ2n) is 13.0. The molecule has 6 heteroatoms. The molecule has 1 aliphatic heterocycles. The summed E-state index contributed by atoms with van der Waals surface area (Å²) in [4.78, 5) is 39.2. The predicted octanol–water partition coefficient (Wildman–Crippen LogP) is 4.85. The zero-order chi connectivity index (χ0) is 24.5. The molecule has 1 aromatic rings. The second-order valence-corrected chi connectivity index (χ2v) is 13.0. The highest BCUT2D eigenvalue weighted by Gasteiger charge is 2.90. The normalized spacial score (nSPS) is 50.6. The fraction of sp³-hybridized carbons (Fsp3) is 0.750. The van der Waals surface area contributed by atoms with Gasteiger partial charge in [0, 0.05) is 35.2 Å². The van der Waals surface area contributed by atoms with Crippen molar-refractivity contribution in [2.75, 3.05) is 0 Å². The summed E-state index contributed by atoms with van der Waals surface area (Å²) in [5, 5.41) is 0. The van der Waals surface area contributed by atoms with Crippen LogP contribution in [0.2, 0.25) is 0 Å². The minimum atomic E-state index is -0.679. The van der Waals surface area contributed by atoms with Gasteiger partial charge in [-0.3, -0.25) is 14.4 Å². The Morgan fingerprint density at radius 2 is 1.82 bits per heavy atom. The van der Waals surface area contributed by atoms with Gasteiger partial charge >= 0.3 is 5.97 Å². The topological polar surface area (TPSA) is 86.1 Å². The minimum absolute atomic E-state index is 0.0911. The van der Waals surface area contributed by atoms with Crippen molar-refractivity contribution in [2.24, 2.45) is 33.5 Å². The summed E-state index contributed by atoms with van der Waals surface area (Å²) in [6.07, 6.45) is 6.25. The Hall–Kier alpha value is -1.95. The van der Waals surface area contributed by atoms with Crippen molar-refractivity contribution in [3.8, 4) is 0 Å². The van der Waals surface area contributed by atoms with Crippen molar-refractivity contribution in [2.45, 2.75) is 97.4 Å². The van der Waals surface area contributed by atoms with Crippen LogP contribution in [0.4, 0.5) is 0 Å². The molecule has 0 radical (unpaired) electrons. The summed E-state index contributed by atoms with van der Waals surface area (Å²) in [6, 6.07) is 1.90. The van der Waals surface area contributed by atoms with Crippen LogP contribution in [0.3, 0.4) is 0 Å². The molecule has 4 unspecified atom stereocenters. The molecule has 9 atom stereocenters. The molecule has 0 amide bonds. The van der Waals surface area contributed by atoms with Gasteiger partial charge in [0.05, 0.1) is 18.4 Å². The molecular weight excluding hydrogens is 432 g/mol. The number of ketones is 2. The molecule has 4 saturated carbocycles. The number of rotatable bonds is 2. The second kappa shape index (κ2) is 6.43. The number of ether oxygens (including phenoxy) is 2. The summed E-state index contributed by atoms with van der Waals surface area (Å²) >= 11 is 0. The van der Waals surface area contributed by atoms with Gasteiger partial charge in [0.2, 0.25) is 0 Å². The van der Waals surface area contributed by atoms with Crippen LogP contribution in [0, 0.1) is 33.5 Å². The standard InChI is InChI=1S/C28H36O6/c1-15(29)33-20-13-18-24(2,3)19(30)8-10-25(18,4)17-7-11-26(5)21(16-9-12-32-14-16)22(31)23-28(26,34-23)27(17,20)6/h9,12,14,17-18,20-21,23H,7-8,10-11,13H2,1-6H3/t17?,18?,20-,21?,23-,25-,26-,27+,28?/m1/s1. The van der Waals surface area contributed by atoms with Crippen molar-refractivity contribution in [1.29, 1.82) is 0 Å². The Labute approximate surface area is 201 Å². The molecule has 6 rings (SSSR count). The van der Waals surface area contributed by atoms with Gasteiger partial charge in [0.15, 0.2) is 5.78 Å². The van der Waals surface area contributed by atoms with Crippen molar-refractivity contribution < 1.29 is 28.3 Å². The zero-order valence-corrected chi connectivity index (χ0v) is 21.1. The van der Waals surface area contributed by atoms with E-state index in [0.29, 0.717) is 18.6 Å². The number of hydrogen-bond acceptors (Lipinski definition) is 6. The summed E-state index contributed by atoms with van der Waals surface area (Å²) < 4.78 is 18.0. The highest BCUT2D eigenvalue weighted by Crippen LogP contribution is 2.81. The summed E-state index contributed by atoms with van der Waals surface area (Å²) in [5.41, 5.74) is -1.26. The van der Waals surface area contributed by atoms with E-state index in [1.54, 1.807) is 12.5 Å². The van der Waals surface area contributed by atoms with Crippen LogP contribution in [-0.4, -0.2) is 35.3 Å². The smallest absolute Gasteiger partial charge is 0.302 e. The third kappa shape index (κ3) is 2.25. The average Bonchev–Trinajstić information content (AvgIpc) is 3.24. The molecule has 34 heavy (non-hydrogen) atoms. The lowest BCUT2D eigenvalue weighted by Gasteiger charge is -2.68. The molecule has 0 bridgehead atoms. The molecule has 1 saturated heterocycles. The van der Waals surface area contributed by atoms with Crippen LogP contribution in [0.15, 0.2) is 23.0 Å². The molecule has 6 nitrogen and oxygen atoms in total. The minimum Gasteiger partial charge on any atom is -0.472 e. The largest absolute Gasteiger partial charge is 0.472 e. The number of hydrogen-bond donors (Lipinski definition) is 0. The van der Waals surface area contributed by atoms with Gasteiger partial charge in [-0.2, -0.15) is 0 Å². The van der Waals surface area contributed by atoms with Crippen molar-refractivity contribution in [1.82, 2.24) is 0 Å². The van der Waals surface area contributed by atoms with E-state index in [-0.39, 0.29) is 34.9 Å². The summed E-state index contributed by atoms with van der Waals surface area (Å²) in [6.45, 7) is 12.4. The Balaban J connectivity index is 1.52. The number of esters is 1. The van der Waals surface area contributed by atoms with Crippen molar-refractivity contribution >= 4 is 17.5 Å². The number of Topliss-reactive ketones (excluding diaryl/α,β-unsaturated/α-hetero) is 2. The van der Waals surface area contributed by atoms with Crippen molar-refractivity contribution in [3.63, 3.8) is 0 Å². The van der Waals surface area contributed by atoms with E-state index in [1.807, 2.05) is 6.07 Å². The fourth-order valence-electron chi connectivity index (χ4n) is 10.0. The predicted molar refractivity (Wildman–Crippen MR) is 123 cm³/mol. The zero-order valence-electron chi connectivity index (χ0n) is 21.1. The average molecular weight is 469 g/mol. The first-order chi connectivity index (χ1) is 15.9. The van der Waals surface area contributed by atoms with Crippen LogP contribution in [-0.2, 0) is 23.9 Å². The van der Waals surface area contributed by atoms with Gasteiger partial charge in [-0.1, -0.05) is 34.6 Å². The summed E-state index contributed by atoms with van der Waals surface area (Å²) in [5.74, 6) is 0.128. The fourth-order valence-corrected chi connectivity index (χ4v) is 10.0. The lowest BCUT2D eigenvalue weighted by molar-refractivity contribution is -0.247. The maximum Gasteiger partial charge on any atom is 0.302 e. The Morgan fingerprint density at radius 1 is 1.09 bits per heavy atom. The monoisotopic (exact) mass is 468 g/mol. The summed E-state index contributed by atoms with van der Waals surface area (Å²) in [7, 11) is 0. The molecule has 5 fully saturated rings. The number of fused-ring (bicyclic) bond motifs is 3. The van der Waals surface area contributed by atoms with Crippen LogP contribution in [0.1, 0.15) is 85.1 Å². The molecule has 4 aliphatic carbocycles. The number of furan rings is 1. The lowest BCUT2D eigenvalue weighted by atomic mass is 9.35. The first-order valence-electron chi connectivity index (χ1n) is 12.8. The van der Waals surface area contributed by atoms with Gasteiger partial charge in [-0.25, -0.2) is 0 Å². The van der Waals surface area contributed by atoms with Crippen LogP contribution in [0.5, 0.6) is 0 Å². The SMILES string of the molecule is CC(=O)O[C@@H]1CC2C(C)(C)C(=O)CC[C@]2(C)C2CC[C@]3(C)C(c4ccoc4)C(=O)[C@H]4OC43[C@@]21C. The third-order valence-corrected chi connectivity index (χ3v) is 11.5. The number of carbonyl (C=O) groups is 3.